The highest BCUT2D eigenvalue weighted by Crippen LogP contribution is 2.44. The van der Waals surface area contributed by atoms with Crippen LogP contribution in [0.5, 0.6) is 0 Å². The number of fused-ring (bicyclic) bond motifs is 3. The summed E-state index contributed by atoms with van der Waals surface area (Å²) in [6.07, 6.45) is 5.34. The predicted octanol–water partition coefficient (Wildman–Crippen LogP) is 8.96. The van der Waals surface area contributed by atoms with Gasteiger partial charge >= 0.3 is 0 Å². The van der Waals surface area contributed by atoms with E-state index in [9.17, 15) is 1.37 Å². The van der Waals surface area contributed by atoms with Crippen LogP contribution in [0.4, 0.5) is 5.69 Å². The van der Waals surface area contributed by atoms with E-state index in [1.165, 1.54) is 6.42 Å². The Morgan fingerprint density at radius 2 is 1.56 bits per heavy atom. The molecule has 0 atom stereocenters. The van der Waals surface area contributed by atoms with E-state index in [1.54, 1.807) is 0 Å². The molecule has 0 N–H and O–H groups in total. The van der Waals surface area contributed by atoms with Crippen LogP contribution in [0, 0.1) is 20.4 Å². The van der Waals surface area contributed by atoms with E-state index < -0.39 is 5.89 Å². The highest BCUT2D eigenvalue weighted by atomic mass is 16.3. The Balaban J connectivity index is 1.61. The van der Waals surface area contributed by atoms with Gasteiger partial charge in [-0.2, -0.15) is 4.57 Å². The maximum Gasteiger partial charge on any atom is 0.216 e. The standard InChI is InChI=1S/C33H31N2O/c1-21-15-16-26-27-17-19-28(34-3)31(24-13-9-6-10-14-24)33(27)36-32(26)30(21)29-20-18-25(22(2)35(29)4)23-11-7-5-8-12-23/h6,9-10,13-20,23H,5,7-8,11-12H2,1-2,4H3/q+1/i23D. The van der Waals surface area contributed by atoms with Gasteiger partial charge in [-0.25, -0.2) is 4.85 Å². The first kappa shape index (κ1) is 21.4. The van der Waals surface area contributed by atoms with Crippen molar-refractivity contribution in [2.75, 3.05) is 0 Å². The third kappa shape index (κ3) is 3.52. The molecule has 3 aromatic carbocycles. The number of pyridine rings is 1. The minimum Gasteiger partial charge on any atom is -0.456 e. The summed E-state index contributed by atoms with van der Waals surface area (Å²) < 4.78 is 18.2. The van der Waals surface area contributed by atoms with Crippen LogP contribution >= 0.6 is 0 Å². The summed E-state index contributed by atoms with van der Waals surface area (Å²) >= 11 is 0. The molecule has 3 heteroatoms. The van der Waals surface area contributed by atoms with Gasteiger partial charge in [0.2, 0.25) is 5.69 Å². The van der Waals surface area contributed by atoms with Gasteiger partial charge in [0, 0.05) is 36.3 Å². The molecule has 178 valence electrons. The van der Waals surface area contributed by atoms with E-state index in [4.69, 9.17) is 11.0 Å². The molecule has 5 aromatic rings. The third-order valence-electron chi connectivity index (χ3n) is 7.94. The van der Waals surface area contributed by atoms with Crippen LogP contribution in [0.15, 0.2) is 71.1 Å². The number of furan rings is 1. The van der Waals surface area contributed by atoms with Gasteiger partial charge in [0.05, 0.1) is 12.1 Å². The zero-order chi connectivity index (χ0) is 25.7. The first-order chi connectivity index (χ1) is 17.9. The van der Waals surface area contributed by atoms with Crippen LogP contribution in [-0.4, -0.2) is 0 Å². The summed E-state index contributed by atoms with van der Waals surface area (Å²) in [4.78, 5) is 3.82. The van der Waals surface area contributed by atoms with E-state index in [0.717, 1.165) is 86.8 Å². The second-order valence-electron chi connectivity index (χ2n) is 9.99. The lowest BCUT2D eigenvalue weighted by molar-refractivity contribution is -0.667. The molecular weight excluding hydrogens is 440 g/mol. The van der Waals surface area contributed by atoms with Crippen molar-refractivity contribution >= 4 is 27.6 Å². The van der Waals surface area contributed by atoms with Gasteiger partial charge in [0.25, 0.3) is 0 Å². The summed E-state index contributed by atoms with van der Waals surface area (Å²) in [6, 6.07) is 22.6. The summed E-state index contributed by atoms with van der Waals surface area (Å²) in [5.74, 6) is -0.500. The van der Waals surface area contributed by atoms with Crippen molar-refractivity contribution in [1.82, 2.24) is 0 Å². The largest absolute Gasteiger partial charge is 0.456 e. The van der Waals surface area contributed by atoms with Crippen LogP contribution in [0.1, 0.15) is 56.2 Å². The fraction of sp³-hybridized carbons (Fsp3) is 0.273. The van der Waals surface area contributed by atoms with Crippen LogP contribution in [0.2, 0.25) is 0 Å². The fourth-order valence-corrected chi connectivity index (χ4v) is 5.92. The Morgan fingerprint density at radius 1 is 0.861 bits per heavy atom. The molecule has 0 saturated heterocycles. The lowest BCUT2D eigenvalue weighted by Crippen LogP contribution is -2.36. The Kier molecular flexibility index (Phi) is 5.32. The van der Waals surface area contributed by atoms with E-state index in [2.05, 4.69) is 54.6 Å². The van der Waals surface area contributed by atoms with E-state index in [1.807, 2.05) is 42.5 Å². The molecule has 2 aromatic heterocycles. The Morgan fingerprint density at radius 3 is 2.28 bits per heavy atom. The molecule has 0 spiro atoms. The summed E-state index contributed by atoms with van der Waals surface area (Å²) in [7, 11) is 2.10. The number of nitrogens with zero attached hydrogens (tertiary/aromatic N) is 2. The van der Waals surface area contributed by atoms with E-state index >= 15 is 0 Å². The molecule has 2 heterocycles. The molecule has 0 unspecified atom stereocenters. The van der Waals surface area contributed by atoms with Crippen LogP contribution < -0.4 is 4.57 Å². The molecule has 6 rings (SSSR count). The van der Waals surface area contributed by atoms with E-state index in [-0.39, 0.29) is 0 Å². The normalized spacial score (nSPS) is 15.7. The molecule has 1 saturated carbocycles. The number of benzene rings is 3. The average molecular weight is 473 g/mol. The second kappa shape index (κ2) is 8.95. The highest BCUT2D eigenvalue weighted by molar-refractivity contribution is 6.15. The molecule has 0 radical (unpaired) electrons. The lowest BCUT2D eigenvalue weighted by Gasteiger charge is -2.22. The van der Waals surface area contributed by atoms with Crippen molar-refractivity contribution in [3.8, 4) is 22.4 Å². The minimum absolute atomic E-state index is 0.500. The highest BCUT2D eigenvalue weighted by Gasteiger charge is 2.27. The van der Waals surface area contributed by atoms with Crippen molar-refractivity contribution in [2.24, 2.45) is 7.05 Å². The fourth-order valence-electron chi connectivity index (χ4n) is 5.92. The van der Waals surface area contributed by atoms with E-state index in [0.29, 0.717) is 5.69 Å². The van der Waals surface area contributed by atoms with Crippen LogP contribution in [0.25, 0.3) is 49.2 Å². The van der Waals surface area contributed by atoms with Gasteiger partial charge in [0.15, 0.2) is 11.4 Å². The third-order valence-corrected chi connectivity index (χ3v) is 7.94. The van der Waals surface area contributed by atoms with Gasteiger partial charge in [-0.3, -0.25) is 0 Å². The van der Waals surface area contributed by atoms with Gasteiger partial charge in [-0.15, -0.1) is 0 Å². The molecule has 3 nitrogen and oxygen atoms in total. The monoisotopic (exact) mass is 472 g/mol. The molecule has 0 aliphatic heterocycles. The molecule has 0 amide bonds. The summed E-state index contributed by atoms with van der Waals surface area (Å²) in [6.45, 7) is 12.1. The Labute approximate surface area is 214 Å². The number of rotatable bonds is 3. The van der Waals surface area contributed by atoms with Gasteiger partial charge < -0.3 is 4.42 Å². The molecule has 1 aliphatic rings. The number of aryl methyl sites for hydroxylation is 1. The smallest absolute Gasteiger partial charge is 0.216 e. The predicted molar refractivity (Wildman–Crippen MR) is 147 cm³/mol. The topological polar surface area (TPSA) is 21.4 Å². The van der Waals surface area contributed by atoms with Gasteiger partial charge in [0.1, 0.15) is 18.2 Å². The lowest BCUT2D eigenvalue weighted by atomic mass is 9.83. The zero-order valence-electron chi connectivity index (χ0n) is 22.2. The first-order valence-electron chi connectivity index (χ1n) is 13.3. The molecular formula is C33H31N2O+. The van der Waals surface area contributed by atoms with Crippen LogP contribution in [-0.2, 0) is 7.05 Å². The van der Waals surface area contributed by atoms with Crippen molar-refractivity contribution in [3.05, 3.63) is 95.0 Å². The number of hydrogen-bond donors (Lipinski definition) is 0. The maximum absolute atomic E-state index is 9.21. The molecule has 36 heavy (non-hydrogen) atoms. The Hall–Kier alpha value is -3.90. The summed E-state index contributed by atoms with van der Waals surface area (Å²) in [5.41, 5.74) is 9.58. The molecule has 1 fully saturated rings. The quantitative estimate of drug-likeness (QED) is 0.190. The van der Waals surface area contributed by atoms with Crippen molar-refractivity contribution < 1.29 is 10.4 Å². The average Bonchev–Trinajstić information content (AvgIpc) is 3.29. The van der Waals surface area contributed by atoms with Crippen molar-refractivity contribution in [1.29, 1.82) is 0 Å². The summed E-state index contributed by atoms with van der Waals surface area (Å²) in [5, 5.41) is 2.07. The van der Waals surface area contributed by atoms with Gasteiger partial charge in [-0.05, 0) is 42.9 Å². The maximum atomic E-state index is 9.21. The minimum atomic E-state index is -0.500. The first-order valence-corrected chi connectivity index (χ1v) is 12.8. The molecule has 1 aliphatic carbocycles. The zero-order valence-corrected chi connectivity index (χ0v) is 21.2. The van der Waals surface area contributed by atoms with Crippen LogP contribution in [0.3, 0.4) is 0 Å². The molecule has 0 bridgehead atoms. The van der Waals surface area contributed by atoms with Gasteiger partial charge in [-0.1, -0.05) is 73.9 Å². The number of aromatic nitrogens is 1. The number of hydrogen-bond acceptors (Lipinski definition) is 1. The van der Waals surface area contributed by atoms with Crippen molar-refractivity contribution in [3.63, 3.8) is 0 Å². The Bertz CT molecular complexity index is 1700. The second-order valence-corrected chi connectivity index (χ2v) is 9.99. The van der Waals surface area contributed by atoms with Crippen molar-refractivity contribution in [2.45, 2.75) is 51.8 Å². The SMILES string of the molecule is [2H]C1(c2ccc(-c3c(C)ccc4c3oc3c(-c5ccccc5)c([N+]#[C-])ccc34)[n+](C)c2C)CCCCC1.